The zero-order valence-corrected chi connectivity index (χ0v) is 15.6. The summed E-state index contributed by atoms with van der Waals surface area (Å²) >= 11 is 0. The fourth-order valence-corrected chi connectivity index (χ4v) is 2.32. The molecule has 138 valence electrons. The number of unbranched alkanes of at least 4 members (excludes halogenated alkanes) is 8. The van der Waals surface area contributed by atoms with Gasteiger partial charge in [0.1, 0.15) is 0 Å². The van der Waals surface area contributed by atoms with Crippen LogP contribution in [0.1, 0.15) is 90.3 Å². The lowest BCUT2D eigenvalue weighted by Crippen LogP contribution is -2.02. The highest BCUT2D eigenvalue weighted by molar-refractivity contribution is 5.86. The van der Waals surface area contributed by atoms with E-state index in [0.29, 0.717) is 11.7 Å². The van der Waals surface area contributed by atoms with Crippen molar-refractivity contribution >= 4 is 5.97 Å². The summed E-state index contributed by atoms with van der Waals surface area (Å²) in [5.41, 5.74) is 0.0678. The Labute approximate surface area is 146 Å². The normalized spacial score (nSPS) is 10.1. The van der Waals surface area contributed by atoms with E-state index >= 15 is 0 Å². The Morgan fingerprint density at radius 1 is 1.04 bits per heavy atom. The van der Waals surface area contributed by atoms with Gasteiger partial charge >= 0.3 is 5.97 Å². The van der Waals surface area contributed by atoms with Crippen LogP contribution < -0.4 is 0 Å². The van der Waals surface area contributed by atoms with Crippen molar-refractivity contribution in [2.75, 3.05) is 0 Å². The van der Waals surface area contributed by atoms with E-state index in [9.17, 15) is 4.79 Å². The maximum Gasteiger partial charge on any atom is 0.331 e. The van der Waals surface area contributed by atoms with E-state index in [-0.39, 0.29) is 12.0 Å². The van der Waals surface area contributed by atoms with Crippen LogP contribution in [0, 0.1) is 0 Å². The van der Waals surface area contributed by atoms with Gasteiger partial charge in [0.2, 0.25) is 5.89 Å². The fraction of sp³-hybridized carbons (Fsp3) is 0.737. The standard InChI is InChI=1S/C17H28N2O3.C2H6/c1-3-4-5-6-7-8-9-10-11-12-15-18-16(22-19-15)13-14(2)17(20)21;1-2/h2-13H2,1H3,(H,20,21);1-2H3. The summed E-state index contributed by atoms with van der Waals surface area (Å²) in [6, 6.07) is 0. The maximum atomic E-state index is 10.7. The topological polar surface area (TPSA) is 76.2 Å². The molecule has 0 bridgehead atoms. The minimum atomic E-state index is -1.03. The number of carbonyl (C=O) groups is 1. The van der Waals surface area contributed by atoms with E-state index in [0.717, 1.165) is 12.8 Å². The summed E-state index contributed by atoms with van der Waals surface area (Å²) in [6.45, 7) is 9.69. The summed E-state index contributed by atoms with van der Waals surface area (Å²) in [6.07, 6.45) is 12.4. The van der Waals surface area contributed by atoms with Crippen molar-refractivity contribution in [1.29, 1.82) is 0 Å². The van der Waals surface area contributed by atoms with Crippen LogP contribution in [0.25, 0.3) is 0 Å². The summed E-state index contributed by atoms with van der Waals surface area (Å²) < 4.78 is 5.03. The Balaban J connectivity index is 0.00000254. The number of nitrogens with zero attached hydrogens (tertiary/aromatic N) is 2. The molecule has 0 atom stereocenters. The van der Waals surface area contributed by atoms with Gasteiger partial charge in [-0.3, -0.25) is 0 Å². The second-order valence-electron chi connectivity index (χ2n) is 5.77. The second kappa shape index (κ2) is 14.9. The molecule has 24 heavy (non-hydrogen) atoms. The Morgan fingerprint density at radius 3 is 2.12 bits per heavy atom. The van der Waals surface area contributed by atoms with Gasteiger partial charge < -0.3 is 9.63 Å². The number of aliphatic carboxylic acids is 1. The summed E-state index contributed by atoms with van der Waals surface area (Å²) in [7, 11) is 0. The number of carboxylic acid groups (broad SMARTS) is 1. The van der Waals surface area contributed by atoms with E-state index in [1.807, 2.05) is 13.8 Å². The molecule has 0 saturated heterocycles. The van der Waals surface area contributed by atoms with Crippen molar-refractivity contribution in [3.05, 3.63) is 23.9 Å². The Kier molecular flexibility index (Phi) is 13.9. The lowest BCUT2D eigenvalue weighted by molar-refractivity contribution is -0.132. The first-order valence-corrected chi connectivity index (χ1v) is 9.36. The van der Waals surface area contributed by atoms with Crippen LogP contribution in [0.4, 0.5) is 0 Å². The molecule has 1 heterocycles. The van der Waals surface area contributed by atoms with Crippen molar-refractivity contribution in [3.8, 4) is 0 Å². The van der Waals surface area contributed by atoms with Crippen molar-refractivity contribution in [1.82, 2.24) is 10.1 Å². The highest BCUT2D eigenvalue weighted by Gasteiger charge is 2.11. The zero-order valence-electron chi connectivity index (χ0n) is 15.6. The Bertz CT molecular complexity index is 455. The molecule has 1 aromatic rings. The number of aromatic nitrogens is 2. The highest BCUT2D eigenvalue weighted by Crippen LogP contribution is 2.11. The first-order chi connectivity index (χ1) is 11.6. The molecule has 5 nitrogen and oxygen atoms in total. The lowest BCUT2D eigenvalue weighted by atomic mass is 10.1. The number of hydrogen-bond donors (Lipinski definition) is 1. The fourth-order valence-electron chi connectivity index (χ4n) is 2.32. The molecule has 0 radical (unpaired) electrons. The van der Waals surface area contributed by atoms with Gasteiger partial charge in [-0.15, -0.1) is 0 Å². The van der Waals surface area contributed by atoms with Crippen molar-refractivity contribution in [2.45, 2.75) is 91.4 Å². The second-order valence-corrected chi connectivity index (χ2v) is 5.77. The monoisotopic (exact) mass is 338 g/mol. The van der Waals surface area contributed by atoms with Crippen LogP contribution in [0.2, 0.25) is 0 Å². The van der Waals surface area contributed by atoms with Crippen LogP contribution in [0.5, 0.6) is 0 Å². The van der Waals surface area contributed by atoms with Crippen LogP contribution in [0.15, 0.2) is 16.7 Å². The molecule has 1 aromatic heterocycles. The molecule has 0 fully saturated rings. The number of rotatable bonds is 13. The summed E-state index contributed by atoms with van der Waals surface area (Å²) in [4.78, 5) is 14.9. The molecule has 0 aliphatic heterocycles. The number of hydrogen-bond acceptors (Lipinski definition) is 4. The van der Waals surface area contributed by atoms with E-state index in [1.54, 1.807) is 0 Å². The van der Waals surface area contributed by atoms with Gasteiger partial charge in [-0.25, -0.2) is 4.79 Å². The van der Waals surface area contributed by atoms with E-state index in [2.05, 4.69) is 23.6 Å². The third kappa shape index (κ3) is 11.0. The van der Waals surface area contributed by atoms with Crippen molar-refractivity contribution in [3.63, 3.8) is 0 Å². The third-order valence-electron chi connectivity index (χ3n) is 3.68. The van der Waals surface area contributed by atoms with Gasteiger partial charge in [0, 0.05) is 12.0 Å². The number of aryl methyl sites for hydroxylation is 1. The zero-order chi connectivity index (χ0) is 18.2. The summed E-state index contributed by atoms with van der Waals surface area (Å²) in [5, 5.41) is 12.6. The molecule has 1 rings (SSSR count). The predicted molar refractivity (Wildman–Crippen MR) is 97.1 cm³/mol. The lowest BCUT2D eigenvalue weighted by Gasteiger charge is -2.00. The molecule has 5 heteroatoms. The van der Waals surface area contributed by atoms with Crippen LogP contribution in [-0.2, 0) is 17.6 Å². The largest absolute Gasteiger partial charge is 0.478 e. The van der Waals surface area contributed by atoms with Crippen molar-refractivity contribution < 1.29 is 14.4 Å². The van der Waals surface area contributed by atoms with Crippen molar-refractivity contribution in [2.24, 2.45) is 0 Å². The van der Waals surface area contributed by atoms with E-state index < -0.39 is 5.97 Å². The van der Waals surface area contributed by atoms with Gasteiger partial charge in [0.05, 0.1) is 6.42 Å². The maximum absolute atomic E-state index is 10.7. The Morgan fingerprint density at radius 2 is 1.58 bits per heavy atom. The van der Waals surface area contributed by atoms with Gasteiger partial charge in [-0.1, -0.05) is 83.9 Å². The van der Waals surface area contributed by atoms with Crippen LogP contribution in [-0.4, -0.2) is 21.2 Å². The van der Waals surface area contributed by atoms with E-state index in [1.165, 1.54) is 51.4 Å². The van der Waals surface area contributed by atoms with Gasteiger partial charge in [-0.2, -0.15) is 4.98 Å². The molecule has 1 N–H and O–H groups in total. The average molecular weight is 338 g/mol. The first kappa shape index (κ1) is 22.4. The summed E-state index contributed by atoms with van der Waals surface area (Å²) in [5.74, 6) is -0.0341. The average Bonchev–Trinajstić information content (AvgIpc) is 3.02. The first-order valence-electron chi connectivity index (χ1n) is 9.36. The molecular formula is C19H34N2O3. The van der Waals surface area contributed by atoms with Gasteiger partial charge in [0.15, 0.2) is 5.82 Å². The van der Waals surface area contributed by atoms with Gasteiger partial charge in [-0.05, 0) is 6.42 Å². The molecule has 0 aliphatic rings. The SMILES string of the molecule is C=C(Cc1nc(CCCCCCCCCCC)no1)C(=O)O.CC. The predicted octanol–water partition coefficient (Wildman–Crippen LogP) is 5.35. The molecule has 0 saturated carbocycles. The molecule has 0 aliphatic carbocycles. The minimum absolute atomic E-state index is 0.0678. The Hall–Kier alpha value is -1.65. The minimum Gasteiger partial charge on any atom is -0.478 e. The van der Waals surface area contributed by atoms with Crippen LogP contribution in [0.3, 0.4) is 0 Å². The molecule has 0 unspecified atom stereocenters. The molecule has 0 aromatic carbocycles. The molecule has 0 amide bonds. The van der Waals surface area contributed by atoms with Crippen LogP contribution >= 0.6 is 0 Å². The molecular weight excluding hydrogens is 304 g/mol. The quantitative estimate of drug-likeness (QED) is 0.387. The van der Waals surface area contributed by atoms with E-state index in [4.69, 9.17) is 9.63 Å². The third-order valence-corrected chi connectivity index (χ3v) is 3.68. The smallest absolute Gasteiger partial charge is 0.331 e. The highest BCUT2D eigenvalue weighted by atomic mass is 16.5. The molecule has 0 spiro atoms. The van der Waals surface area contributed by atoms with Gasteiger partial charge in [0.25, 0.3) is 0 Å². The number of carboxylic acids is 1.